The second kappa shape index (κ2) is 5.25. The van der Waals surface area contributed by atoms with Crippen LogP contribution in [0.25, 0.3) is 0 Å². The summed E-state index contributed by atoms with van der Waals surface area (Å²) in [7, 11) is 0. The van der Waals surface area contributed by atoms with Crippen LogP contribution in [0.3, 0.4) is 0 Å². The average Bonchev–Trinajstić information content (AvgIpc) is 2.66. The quantitative estimate of drug-likeness (QED) is 0.511. The van der Waals surface area contributed by atoms with E-state index < -0.39 is 36.3 Å². The zero-order valence-electron chi connectivity index (χ0n) is 10.4. The minimum absolute atomic E-state index is 0.0550. The fourth-order valence-corrected chi connectivity index (χ4v) is 2.09. The van der Waals surface area contributed by atoms with Gasteiger partial charge in [-0.15, -0.1) is 0 Å². The van der Waals surface area contributed by atoms with Gasteiger partial charge in [-0.25, -0.2) is 4.79 Å². The summed E-state index contributed by atoms with van der Waals surface area (Å²) in [5.41, 5.74) is 4.68. The molecule has 0 saturated carbocycles. The van der Waals surface area contributed by atoms with Crippen molar-refractivity contribution in [3.63, 3.8) is 0 Å². The van der Waals surface area contributed by atoms with Crippen molar-refractivity contribution >= 4 is 5.82 Å². The van der Waals surface area contributed by atoms with Crippen LogP contribution in [0, 0.1) is 0 Å². The molecule has 0 bridgehead atoms. The number of nitrogens with two attached hydrogens (primary N) is 1. The smallest absolute Gasteiger partial charge is 0.351 e. The maximum absolute atomic E-state index is 11.7. The molecule has 5 N–H and O–H groups in total. The van der Waals surface area contributed by atoms with Crippen LogP contribution in [-0.4, -0.2) is 49.3 Å². The van der Waals surface area contributed by atoms with Crippen molar-refractivity contribution in [3.8, 4) is 0 Å². The van der Waals surface area contributed by atoms with Crippen molar-refractivity contribution in [2.45, 2.75) is 44.0 Å². The maximum atomic E-state index is 11.7. The molecule has 5 atom stereocenters. The summed E-state index contributed by atoms with van der Waals surface area (Å²) < 4.78 is 6.41. The van der Waals surface area contributed by atoms with E-state index in [4.69, 9.17) is 10.5 Å². The molecule has 1 aromatic rings. The molecule has 2 unspecified atom stereocenters. The highest BCUT2D eigenvalue weighted by molar-refractivity contribution is 5.23. The summed E-state index contributed by atoms with van der Waals surface area (Å²) in [6.07, 6.45) is -3.88. The molecule has 2 rings (SSSR count). The predicted molar refractivity (Wildman–Crippen MR) is 65.1 cm³/mol. The molecule has 106 valence electrons. The monoisotopic (exact) mass is 271 g/mol. The number of aliphatic hydroxyl groups is 3. The molecule has 19 heavy (non-hydrogen) atoms. The van der Waals surface area contributed by atoms with E-state index in [1.807, 2.05) is 0 Å². The van der Waals surface area contributed by atoms with Gasteiger partial charge in [-0.1, -0.05) is 6.92 Å². The standard InChI is InChI=1S/C11H17N3O5/c1-2-5(15)9-7(16)8(17)10(19-9)14-4-3-6(12)13-11(14)18/h3-5,7-10,15-17H,2H2,1H3,(H2,12,13,18)/t5?,7-,8-,9+,10?/m0/s1. The molecule has 8 nitrogen and oxygen atoms in total. The van der Waals surface area contributed by atoms with E-state index in [-0.39, 0.29) is 5.82 Å². The number of ether oxygens (including phenoxy) is 1. The normalized spacial score (nSPS) is 32.4. The first-order chi connectivity index (χ1) is 8.95. The Hall–Kier alpha value is -1.48. The summed E-state index contributed by atoms with van der Waals surface area (Å²) in [4.78, 5) is 15.2. The second-order valence-corrected chi connectivity index (χ2v) is 4.49. The largest absolute Gasteiger partial charge is 0.390 e. The highest BCUT2D eigenvalue weighted by Gasteiger charge is 2.46. The lowest BCUT2D eigenvalue weighted by atomic mass is 10.0. The Kier molecular flexibility index (Phi) is 3.85. The molecule has 0 aromatic carbocycles. The zero-order chi connectivity index (χ0) is 14.2. The third kappa shape index (κ3) is 2.47. The van der Waals surface area contributed by atoms with Crippen LogP contribution in [0.2, 0.25) is 0 Å². The summed E-state index contributed by atoms with van der Waals surface area (Å²) >= 11 is 0. The molecule has 1 aromatic heterocycles. The molecular weight excluding hydrogens is 254 g/mol. The number of nitrogens with zero attached hydrogens (tertiary/aromatic N) is 2. The number of hydrogen-bond acceptors (Lipinski definition) is 7. The molecule has 1 fully saturated rings. The molecule has 1 aliphatic rings. The summed E-state index contributed by atoms with van der Waals surface area (Å²) in [5, 5.41) is 29.5. The van der Waals surface area contributed by atoms with Crippen molar-refractivity contribution in [1.82, 2.24) is 9.55 Å². The van der Waals surface area contributed by atoms with Crippen LogP contribution in [0.15, 0.2) is 17.1 Å². The highest BCUT2D eigenvalue weighted by atomic mass is 16.6. The van der Waals surface area contributed by atoms with E-state index >= 15 is 0 Å². The number of anilines is 1. The lowest BCUT2D eigenvalue weighted by Crippen LogP contribution is -2.38. The number of hydrogen-bond donors (Lipinski definition) is 4. The Morgan fingerprint density at radius 3 is 2.79 bits per heavy atom. The van der Waals surface area contributed by atoms with Crippen molar-refractivity contribution in [1.29, 1.82) is 0 Å². The molecular formula is C11H17N3O5. The summed E-state index contributed by atoms with van der Waals surface area (Å²) in [5.74, 6) is 0.0550. The van der Waals surface area contributed by atoms with Crippen molar-refractivity contribution in [2.24, 2.45) is 0 Å². The minimum Gasteiger partial charge on any atom is -0.390 e. The third-order valence-corrected chi connectivity index (χ3v) is 3.20. The molecule has 0 amide bonds. The van der Waals surface area contributed by atoms with Gasteiger partial charge in [-0.05, 0) is 12.5 Å². The van der Waals surface area contributed by atoms with Gasteiger partial charge in [0, 0.05) is 6.20 Å². The fraction of sp³-hybridized carbons (Fsp3) is 0.636. The van der Waals surface area contributed by atoms with Crippen LogP contribution in [0.4, 0.5) is 5.82 Å². The van der Waals surface area contributed by atoms with Crippen LogP contribution < -0.4 is 11.4 Å². The van der Waals surface area contributed by atoms with Crippen molar-refractivity contribution in [3.05, 3.63) is 22.7 Å². The SMILES string of the molecule is CCC(O)[C@H]1OC(n2ccc(N)nc2=O)[C@@H](O)[C@@H]1O. The number of aromatic nitrogens is 2. The predicted octanol–water partition coefficient (Wildman–Crippen LogP) is -1.78. The van der Waals surface area contributed by atoms with Gasteiger partial charge < -0.3 is 25.8 Å². The van der Waals surface area contributed by atoms with Gasteiger partial charge in [0.05, 0.1) is 6.10 Å². The van der Waals surface area contributed by atoms with E-state index in [9.17, 15) is 20.1 Å². The lowest BCUT2D eigenvalue weighted by Gasteiger charge is -2.19. The molecule has 0 aliphatic carbocycles. The van der Waals surface area contributed by atoms with Crippen molar-refractivity contribution < 1.29 is 20.1 Å². The van der Waals surface area contributed by atoms with Gasteiger partial charge in [0.15, 0.2) is 6.23 Å². The maximum Gasteiger partial charge on any atom is 0.351 e. The lowest BCUT2D eigenvalue weighted by molar-refractivity contribution is -0.0864. The molecule has 0 spiro atoms. The minimum atomic E-state index is -1.32. The van der Waals surface area contributed by atoms with Crippen LogP contribution in [-0.2, 0) is 4.74 Å². The number of nitrogen functional groups attached to an aromatic ring is 1. The number of aliphatic hydroxyl groups excluding tert-OH is 3. The first kappa shape index (κ1) is 13.9. The third-order valence-electron chi connectivity index (χ3n) is 3.20. The van der Waals surface area contributed by atoms with E-state index in [2.05, 4.69) is 4.98 Å². The first-order valence-electron chi connectivity index (χ1n) is 6.00. The topological polar surface area (TPSA) is 131 Å². The van der Waals surface area contributed by atoms with Gasteiger partial charge in [0.1, 0.15) is 24.1 Å². The van der Waals surface area contributed by atoms with E-state index in [0.29, 0.717) is 6.42 Å². The Labute approximate surface area is 109 Å². The van der Waals surface area contributed by atoms with Crippen LogP contribution >= 0.6 is 0 Å². The fourth-order valence-electron chi connectivity index (χ4n) is 2.09. The molecule has 2 heterocycles. The molecule has 8 heteroatoms. The summed E-state index contributed by atoms with van der Waals surface area (Å²) in [6.45, 7) is 1.72. The molecule has 1 saturated heterocycles. The van der Waals surface area contributed by atoms with E-state index in [1.54, 1.807) is 6.92 Å². The molecule has 0 radical (unpaired) electrons. The van der Waals surface area contributed by atoms with E-state index in [1.165, 1.54) is 12.3 Å². The van der Waals surface area contributed by atoms with Gasteiger partial charge in [-0.3, -0.25) is 4.57 Å². The number of rotatable bonds is 3. The van der Waals surface area contributed by atoms with Gasteiger partial charge in [0.25, 0.3) is 0 Å². The second-order valence-electron chi connectivity index (χ2n) is 4.49. The highest BCUT2D eigenvalue weighted by Crippen LogP contribution is 2.30. The Balaban J connectivity index is 2.29. The summed E-state index contributed by atoms with van der Waals surface area (Å²) in [6, 6.07) is 1.38. The average molecular weight is 271 g/mol. The van der Waals surface area contributed by atoms with Gasteiger partial charge in [-0.2, -0.15) is 4.98 Å². The van der Waals surface area contributed by atoms with Crippen LogP contribution in [0.1, 0.15) is 19.6 Å². The Morgan fingerprint density at radius 1 is 1.53 bits per heavy atom. The Bertz CT molecular complexity index is 505. The zero-order valence-corrected chi connectivity index (χ0v) is 10.4. The van der Waals surface area contributed by atoms with Gasteiger partial charge >= 0.3 is 5.69 Å². The van der Waals surface area contributed by atoms with Crippen LogP contribution in [0.5, 0.6) is 0 Å². The Morgan fingerprint density at radius 2 is 2.21 bits per heavy atom. The first-order valence-corrected chi connectivity index (χ1v) is 6.00. The van der Waals surface area contributed by atoms with Crippen molar-refractivity contribution in [2.75, 3.05) is 5.73 Å². The van der Waals surface area contributed by atoms with E-state index in [0.717, 1.165) is 4.57 Å². The molecule has 1 aliphatic heterocycles. The van der Waals surface area contributed by atoms with Gasteiger partial charge in [0.2, 0.25) is 0 Å².